The Balaban J connectivity index is 1.67. The lowest BCUT2D eigenvalue weighted by Gasteiger charge is -2.08. The minimum absolute atomic E-state index is 0.197. The number of amides is 1. The monoisotopic (exact) mass is 379 g/mol. The van der Waals surface area contributed by atoms with Crippen molar-refractivity contribution in [3.63, 3.8) is 0 Å². The van der Waals surface area contributed by atoms with Crippen LogP contribution in [0.1, 0.15) is 5.69 Å². The maximum Gasteiger partial charge on any atom is 0.433 e. The number of aromatic amines is 1. The Labute approximate surface area is 149 Å². The molecule has 0 aliphatic carbocycles. The summed E-state index contributed by atoms with van der Waals surface area (Å²) in [6.45, 7) is 0. The summed E-state index contributed by atoms with van der Waals surface area (Å²) >= 11 is 0.717. The predicted octanol–water partition coefficient (Wildman–Crippen LogP) is 3.67. The molecule has 0 spiro atoms. The molecule has 0 saturated heterocycles. The van der Waals surface area contributed by atoms with E-state index in [9.17, 15) is 22.8 Å². The van der Waals surface area contributed by atoms with Crippen LogP contribution in [0.25, 0.3) is 10.8 Å². The van der Waals surface area contributed by atoms with Crippen LogP contribution in [0.3, 0.4) is 0 Å². The van der Waals surface area contributed by atoms with Crippen molar-refractivity contribution in [3.05, 3.63) is 64.6 Å². The molecule has 134 valence electrons. The Morgan fingerprint density at radius 1 is 1.12 bits per heavy atom. The van der Waals surface area contributed by atoms with Gasteiger partial charge in [-0.3, -0.25) is 9.59 Å². The van der Waals surface area contributed by atoms with E-state index in [1.54, 1.807) is 12.1 Å². The van der Waals surface area contributed by atoms with Crippen molar-refractivity contribution < 1.29 is 18.0 Å². The van der Waals surface area contributed by atoms with Crippen LogP contribution in [0.2, 0.25) is 0 Å². The Bertz CT molecular complexity index is 1020. The van der Waals surface area contributed by atoms with Crippen molar-refractivity contribution in [2.24, 2.45) is 0 Å². The number of thioether (sulfide) groups is 1. The zero-order chi connectivity index (χ0) is 18.7. The molecule has 3 aromatic rings. The Kier molecular flexibility index (Phi) is 4.99. The van der Waals surface area contributed by atoms with Gasteiger partial charge in [0.05, 0.1) is 5.75 Å². The smallest absolute Gasteiger partial charge is 0.325 e. The number of carbonyl (C=O) groups excluding carboxylic acids is 1. The van der Waals surface area contributed by atoms with E-state index < -0.39 is 23.3 Å². The molecule has 3 rings (SSSR count). The third kappa shape index (κ3) is 4.42. The molecule has 1 aromatic heterocycles. The van der Waals surface area contributed by atoms with Crippen LogP contribution >= 0.6 is 11.8 Å². The van der Waals surface area contributed by atoms with Crippen LogP contribution in [-0.4, -0.2) is 21.6 Å². The van der Waals surface area contributed by atoms with Gasteiger partial charge in [0.2, 0.25) is 5.91 Å². The number of H-pyrrole nitrogens is 1. The van der Waals surface area contributed by atoms with Crippen LogP contribution in [0, 0.1) is 0 Å². The molecule has 0 atom stereocenters. The third-order valence-electron chi connectivity index (χ3n) is 3.38. The number of hydrogen-bond donors (Lipinski definition) is 2. The molecule has 1 heterocycles. The number of nitrogens with one attached hydrogen (secondary N) is 2. The van der Waals surface area contributed by atoms with Crippen LogP contribution in [0.15, 0.2) is 58.5 Å². The number of aromatic nitrogens is 2. The van der Waals surface area contributed by atoms with Gasteiger partial charge in [0.1, 0.15) is 0 Å². The fraction of sp³-hybridized carbons (Fsp3) is 0.118. The molecule has 1 amide bonds. The molecular weight excluding hydrogens is 367 g/mol. The van der Waals surface area contributed by atoms with Gasteiger partial charge in [0, 0.05) is 11.8 Å². The molecular formula is C17H12F3N3O2S. The number of halogens is 3. The zero-order valence-electron chi connectivity index (χ0n) is 13.1. The van der Waals surface area contributed by atoms with E-state index in [0.29, 0.717) is 11.8 Å². The second kappa shape index (κ2) is 7.20. The van der Waals surface area contributed by atoms with Crippen molar-refractivity contribution in [1.29, 1.82) is 0 Å². The molecule has 0 aliphatic heterocycles. The van der Waals surface area contributed by atoms with E-state index in [4.69, 9.17) is 0 Å². The Morgan fingerprint density at radius 3 is 2.58 bits per heavy atom. The number of benzene rings is 2. The lowest BCUT2D eigenvalue weighted by molar-refractivity contribution is -0.141. The van der Waals surface area contributed by atoms with Crippen molar-refractivity contribution in [1.82, 2.24) is 9.97 Å². The first-order valence-corrected chi connectivity index (χ1v) is 8.40. The summed E-state index contributed by atoms with van der Waals surface area (Å²) in [6.07, 6.45) is -4.73. The number of hydrogen-bond acceptors (Lipinski definition) is 4. The highest BCUT2D eigenvalue weighted by atomic mass is 32.2. The second-order valence-electron chi connectivity index (χ2n) is 5.33. The van der Waals surface area contributed by atoms with Gasteiger partial charge < -0.3 is 10.3 Å². The molecule has 5 nitrogen and oxygen atoms in total. The zero-order valence-corrected chi connectivity index (χ0v) is 13.9. The first-order valence-electron chi connectivity index (χ1n) is 7.41. The van der Waals surface area contributed by atoms with Crippen LogP contribution in [0.5, 0.6) is 0 Å². The maximum atomic E-state index is 12.7. The summed E-state index contributed by atoms with van der Waals surface area (Å²) in [5, 5.41) is 4.36. The lowest BCUT2D eigenvalue weighted by atomic mass is 10.1. The molecule has 9 heteroatoms. The fourth-order valence-electron chi connectivity index (χ4n) is 2.25. The number of fused-ring (bicyclic) bond motifs is 1. The minimum Gasteiger partial charge on any atom is -0.325 e. The third-order valence-corrected chi connectivity index (χ3v) is 4.26. The number of rotatable bonds is 4. The maximum absolute atomic E-state index is 12.7. The average molecular weight is 379 g/mol. The fourth-order valence-corrected chi connectivity index (χ4v) is 2.92. The van der Waals surface area contributed by atoms with E-state index in [1.165, 1.54) is 0 Å². The standard InChI is InChI=1S/C17H12F3N3O2S/c18-17(19,20)13-8-14(24)23-16(22-13)26-9-15(25)21-12-6-5-10-3-1-2-4-11(10)7-12/h1-8H,9H2,(H,21,25)(H,22,23,24). The van der Waals surface area contributed by atoms with Gasteiger partial charge in [-0.2, -0.15) is 13.2 Å². The van der Waals surface area contributed by atoms with Gasteiger partial charge in [-0.15, -0.1) is 0 Å². The normalized spacial score (nSPS) is 11.5. The topological polar surface area (TPSA) is 74.8 Å². The van der Waals surface area contributed by atoms with E-state index >= 15 is 0 Å². The molecule has 0 radical (unpaired) electrons. The first kappa shape index (κ1) is 18.0. The largest absolute Gasteiger partial charge is 0.433 e. The van der Waals surface area contributed by atoms with Gasteiger partial charge >= 0.3 is 6.18 Å². The lowest BCUT2D eigenvalue weighted by Crippen LogP contribution is -2.18. The van der Waals surface area contributed by atoms with Crippen molar-refractivity contribution in [2.75, 3.05) is 11.1 Å². The van der Waals surface area contributed by atoms with E-state index in [0.717, 1.165) is 22.5 Å². The highest BCUT2D eigenvalue weighted by Crippen LogP contribution is 2.27. The summed E-state index contributed by atoms with van der Waals surface area (Å²) in [6, 6.07) is 13.4. The molecule has 0 bridgehead atoms. The van der Waals surface area contributed by atoms with Crippen molar-refractivity contribution in [3.8, 4) is 0 Å². The summed E-state index contributed by atoms with van der Waals surface area (Å²) in [5.41, 5.74) is -1.65. The predicted molar refractivity (Wildman–Crippen MR) is 93.2 cm³/mol. The number of anilines is 1. The summed E-state index contributed by atoms with van der Waals surface area (Å²) < 4.78 is 38.0. The summed E-state index contributed by atoms with van der Waals surface area (Å²) in [5.74, 6) is -0.623. The molecule has 2 N–H and O–H groups in total. The van der Waals surface area contributed by atoms with Crippen LogP contribution < -0.4 is 10.9 Å². The molecule has 26 heavy (non-hydrogen) atoms. The van der Waals surface area contributed by atoms with Gasteiger partial charge in [0.25, 0.3) is 5.56 Å². The van der Waals surface area contributed by atoms with E-state index in [-0.39, 0.29) is 10.9 Å². The van der Waals surface area contributed by atoms with Gasteiger partial charge in [-0.05, 0) is 22.9 Å². The Hall–Kier alpha value is -2.81. The molecule has 0 fully saturated rings. The van der Waals surface area contributed by atoms with Gasteiger partial charge in [0.15, 0.2) is 10.9 Å². The molecule has 2 aromatic carbocycles. The van der Waals surface area contributed by atoms with Crippen molar-refractivity contribution in [2.45, 2.75) is 11.3 Å². The molecule has 0 aliphatic rings. The average Bonchev–Trinajstić information content (AvgIpc) is 2.59. The van der Waals surface area contributed by atoms with E-state index in [2.05, 4.69) is 15.3 Å². The number of carbonyl (C=O) groups is 1. The van der Waals surface area contributed by atoms with Gasteiger partial charge in [-0.1, -0.05) is 42.1 Å². The highest BCUT2D eigenvalue weighted by molar-refractivity contribution is 7.99. The van der Waals surface area contributed by atoms with E-state index in [1.807, 2.05) is 30.3 Å². The van der Waals surface area contributed by atoms with Gasteiger partial charge in [-0.25, -0.2) is 4.98 Å². The van der Waals surface area contributed by atoms with Crippen LogP contribution in [-0.2, 0) is 11.0 Å². The summed E-state index contributed by atoms with van der Waals surface area (Å²) in [7, 11) is 0. The first-order chi connectivity index (χ1) is 12.3. The number of alkyl halides is 3. The highest BCUT2D eigenvalue weighted by Gasteiger charge is 2.33. The SMILES string of the molecule is O=C(CSc1nc(C(F)(F)F)cc(=O)[nH]1)Nc1ccc2ccccc2c1. The van der Waals surface area contributed by atoms with Crippen molar-refractivity contribution >= 4 is 34.1 Å². The second-order valence-corrected chi connectivity index (χ2v) is 6.30. The minimum atomic E-state index is -4.73. The van der Waals surface area contributed by atoms with Crippen LogP contribution in [0.4, 0.5) is 18.9 Å². The summed E-state index contributed by atoms with van der Waals surface area (Å²) in [4.78, 5) is 28.8. The molecule has 0 unspecified atom stereocenters. The quantitative estimate of drug-likeness (QED) is 0.536. The molecule has 0 saturated carbocycles. The number of nitrogens with zero attached hydrogens (tertiary/aromatic N) is 1. The Morgan fingerprint density at radius 2 is 1.85 bits per heavy atom.